The van der Waals surface area contributed by atoms with Crippen LogP contribution in [0.4, 0.5) is 0 Å². The summed E-state index contributed by atoms with van der Waals surface area (Å²) in [5.74, 6) is 1.88. The van der Waals surface area contributed by atoms with Gasteiger partial charge in [-0.2, -0.15) is 0 Å². The van der Waals surface area contributed by atoms with Crippen molar-refractivity contribution in [1.29, 1.82) is 0 Å². The molecule has 0 aliphatic heterocycles. The van der Waals surface area contributed by atoms with Crippen LogP contribution in [0.5, 0.6) is 5.75 Å². The van der Waals surface area contributed by atoms with Gasteiger partial charge in [0.1, 0.15) is 11.6 Å². The van der Waals surface area contributed by atoms with Gasteiger partial charge in [0.25, 0.3) is 0 Å². The Balaban J connectivity index is 2.55. The normalized spacial score (nSPS) is 10.8. The highest BCUT2D eigenvalue weighted by atomic mass is 16.5. The lowest BCUT2D eigenvalue weighted by molar-refractivity contribution is 0.415. The Kier molecular flexibility index (Phi) is 3.90. The first-order chi connectivity index (χ1) is 9.08. The molecule has 0 spiro atoms. The molecule has 0 aliphatic carbocycles. The summed E-state index contributed by atoms with van der Waals surface area (Å²) in [6.45, 7) is 4.80. The average Bonchev–Trinajstić information content (AvgIpc) is 2.74. The van der Waals surface area contributed by atoms with Crippen LogP contribution >= 0.6 is 0 Å². The molecule has 4 heteroatoms. The fourth-order valence-electron chi connectivity index (χ4n) is 2.22. The first-order valence-corrected chi connectivity index (χ1v) is 6.44. The first kappa shape index (κ1) is 13.6. The van der Waals surface area contributed by atoms with Crippen LogP contribution in [0.3, 0.4) is 0 Å². The molecule has 2 rings (SSSR count). The minimum Gasteiger partial charge on any atom is -0.496 e. The lowest BCUT2D eigenvalue weighted by atomic mass is 10.0. The predicted octanol–water partition coefficient (Wildman–Crippen LogP) is 2.21. The third kappa shape index (κ3) is 2.49. The topological polar surface area (TPSA) is 53.1 Å². The van der Waals surface area contributed by atoms with Crippen molar-refractivity contribution in [3.8, 4) is 17.0 Å². The van der Waals surface area contributed by atoms with E-state index in [2.05, 4.69) is 35.5 Å². The number of aromatic nitrogens is 2. The van der Waals surface area contributed by atoms with Crippen LogP contribution in [0, 0.1) is 13.8 Å². The predicted molar refractivity (Wildman–Crippen MR) is 77.4 cm³/mol. The molecule has 19 heavy (non-hydrogen) atoms. The van der Waals surface area contributed by atoms with E-state index in [0.29, 0.717) is 6.54 Å². The van der Waals surface area contributed by atoms with Crippen LogP contribution in [-0.2, 0) is 13.5 Å². The van der Waals surface area contributed by atoms with Gasteiger partial charge in [0.2, 0.25) is 0 Å². The Hall–Kier alpha value is -1.81. The van der Waals surface area contributed by atoms with Crippen molar-refractivity contribution in [2.24, 2.45) is 12.8 Å². The van der Waals surface area contributed by atoms with Gasteiger partial charge in [0, 0.05) is 19.0 Å². The zero-order valence-electron chi connectivity index (χ0n) is 12.0. The van der Waals surface area contributed by atoms with Crippen molar-refractivity contribution in [1.82, 2.24) is 9.55 Å². The second-order valence-corrected chi connectivity index (χ2v) is 4.79. The molecular weight excluding hydrogens is 238 g/mol. The molecule has 2 N–H and O–H groups in total. The van der Waals surface area contributed by atoms with Crippen molar-refractivity contribution >= 4 is 0 Å². The fraction of sp³-hybridized carbons (Fsp3) is 0.400. The van der Waals surface area contributed by atoms with Crippen LogP contribution < -0.4 is 10.5 Å². The quantitative estimate of drug-likeness (QED) is 0.916. The Morgan fingerprint density at radius 2 is 1.95 bits per heavy atom. The molecule has 0 saturated heterocycles. The maximum Gasteiger partial charge on any atom is 0.128 e. The SMILES string of the molecule is COc1cc(C)c(C)cc1-c1cnc(CCN)n1C. The molecule has 0 aliphatic rings. The standard InChI is InChI=1S/C15H21N3O/c1-10-7-12(14(19-4)8-11(10)2)13-9-17-15(5-6-16)18(13)3/h7-9H,5-6,16H2,1-4H3. The summed E-state index contributed by atoms with van der Waals surface area (Å²) >= 11 is 0. The van der Waals surface area contributed by atoms with Gasteiger partial charge in [-0.25, -0.2) is 4.98 Å². The molecule has 1 aromatic carbocycles. The maximum atomic E-state index is 5.60. The highest BCUT2D eigenvalue weighted by Crippen LogP contribution is 2.32. The number of methoxy groups -OCH3 is 1. The Morgan fingerprint density at radius 3 is 2.58 bits per heavy atom. The molecule has 2 aromatic rings. The molecule has 0 bridgehead atoms. The summed E-state index contributed by atoms with van der Waals surface area (Å²) in [6.07, 6.45) is 2.67. The molecule has 102 valence electrons. The smallest absolute Gasteiger partial charge is 0.128 e. The summed E-state index contributed by atoms with van der Waals surface area (Å²) in [4.78, 5) is 4.44. The lowest BCUT2D eigenvalue weighted by Crippen LogP contribution is -2.08. The van der Waals surface area contributed by atoms with Crippen molar-refractivity contribution in [3.05, 3.63) is 35.3 Å². The molecule has 0 amide bonds. The molecule has 1 heterocycles. The number of nitrogens with two attached hydrogens (primary N) is 1. The third-order valence-electron chi connectivity index (χ3n) is 3.54. The van der Waals surface area contributed by atoms with Gasteiger partial charge < -0.3 is 15.0 Å². The molecule has 0 atom stereocenters. The number of benzene rings is 1. The van der Waals surface area contributed by atoms with Crippen LogP contribution in [0.2, 0.25) is 0 Å². The number of nitrogens with zero attached hydrogens (tertiary/aromatic N) is 2. The van der Waals surface area contributed by atoms with Gasteiger partial charge in [0.15, 0.2) is 0 Å². The average molecular weight is 259 g/mol. The maximum absolute atomic E-state index is 5.60. The molecule has 4 nitrogen and oxygen atoms in total. The van der Waals surface area contributed by atoms with Crippen LogP contribution in [0.25, 0.3) is 11.3 Å². The summed E-state index contributed by atoms with van der Waals surface area (Å²) in [5, 5.41) is 0. The van der Waals surface area contributed by atoms with E-state index < -0.39 is 0 Å². The monoisotopic (exact) mass is 259 g/mol. The number of imidazole rings is 1. The van der Waals surface area contributed by atoms with E-state index in [9.17, 15) is 0 Å². The number of aryl methyl sites for hydroxylation is 2. The van der Waals surface area contributed by atoms with E-state index in [1.54, 1.807) is 7.11 Å². The minimum atomic E-state index is 0.606. The van der Waals surface area contributed by atoms with Gasteiger partial charge in [-0.3, -0.25) is 0 Å². The molecule has 0 unspecified atom stereocenters. The van der Waals surface area contributed by atoms with Crippen LogP contribution in [0.1, 0.15) is 17.0 Å². The van der Waals surface area contributed by atoms with E-state index in [4.69, 9.17) is 10.5 Å². The molecule has 0 fully saturated rings. The van der Waals surface area contributed by atoms with Crippen molar-refractivity contribution in [2.45, 2.75) is 20.3 Å². The zero-order chi connectivity index (χ0) is 14.0. The number of hydrogen-bond donors (Lipinski definition) is 1. The van der Waals surface area contributed by atoms with Crippen LogP contribution in [0.15, 0.2) is 18.3 Å². The Morgan fingerprint density at radius 1 is 1.26 bits per heavy atom. The highest BCUT2D eigenvalue weighted by molar-refractivity contribution is 5.69. The Labute approximate surface area is 114 Å². The summed E-state index contributed by atoms with van der Waals surface area (Å²) in [5.41, 5.74) is 10.2. The zero-order valence-corrected chi connectivity index (χ0v) is 12.0. The van der Waals surface area contributed by atoms with Crippen molar-refractivity contribution < 1.29 is 4.74 Å². The molecule has 0 saturated carbocycles. The number of rotatable bonds is 4. The lowest BCUT2D eigenvalue weighted by Gasteiger charge is -2.13. The highest BCUT2D eigenvalue weighted by Gasteiger charge is 2.13. The number of ether oxygens (including phenoxy) is 1. The van der Waals surface area contributed by atoms with E-state index in [1.165, 1.54) is 11.1 Å². The Bertz CT molecular complexity index is 587. The van der Waals surface area contributed by atoms with Gasteiger partial charge in [-0.1, -0.05) is 0 Å². The molecule has 1 aromatic heterocycles. The fourth-order valence-corrected chi connectivity index (χ4v) is 2.22. The minimum absolute atomic E-state index is 0.606. The van der Waals surface area contributed by atoms with Gasteiger partial charge in [-0.05, 0) is 43.7 Å². The van der Waals surface area contributed by atoms with Crippen LogP contribution in [-0.4, -0.2) is 23.2 Å². The number of hydrogen-bond acceptors (Lipinski definition) is 3. The third-order valence-corrected chi connectivity index (χ3v) is 3.54. The second kappa shape index (κ2) is 5.45. The van der Waals surface area contributed by atoms with E-state index in [-0.39, 0.29) is 0 Å². The van der Waals surface area contributed by atoms with Crippen molar-refractivity contribution in [3.63, 3.8) is 0 Å². The van der Waals surface area contributed by atoms with E-state index in [0.717, 1.165) is 29.3 Å². The largest absolute Gasteiger partial charge is 0.496 e. The van der Waals surface area contributed by atoms with Gasteiger partial charge >= 0.3 is 0 Å². The van der Waals surface area contributed by atoms with Gasteiger partial charge in [0.05, 0.1) is 19.0 Å². The first-order valence-electron chi connectivity index (χ1n) is 6.44. The molecular formula is C15H21N3O. The summed E-state index contributed by atoms with van der Waals surface area (Å²) < 4.78 is 7.58. The summed E-state index contributed by atoms with van der Waals surface area (Å²) in [7, 11) is 3.72. The summed E-state index contributed by atoms with van der Waals surface area (Å²) in [6, 6.07) is 4.22. The molecule has 0 radical (unpaired) electrons. The van der Waals surface area contributed by atoms with E-state index >= 15 is 0 Å². The van der Waals surface area contributed by atoms with Gasteiger partial charge in [-0.15, -0.1) is 0 Å². The van der Waals surface area contributed by atoms with E-state index in [1.807, 2.05) is 13.2 Å². The van der Waals surface area contributed by atoms with Crippen molar-refractivity contribution in [2.75, 3.05) is 13.7 Å². The second-order valence-electron chi connectivity index (χ2n) is 4.79.